The van der Waals surface area contributed by atoms with Crippen LogP contribution in [0.2, 0.25) is 0 Å². The van der Waals surface area contributed by atoms with E-state index in [1.165, 1.54) is 6.07 Å². The Balaban J connectivity index is 1.67. The summed E-state index contributed by atoms with van der Waals surface area (Å²) in [6.45, 7) is 9.21. The second kappa shape index (κ2) is 11.0. The fourth-order valence-electron chi connectivity index (χ4n) is 2.67. The van der Waals surface area contributed by atoms with Crippen LogP contribution in [0.4, 0.5) is 4.39 Å². The summed E-state index contributed by atoms with van der Waals surface area (Å²) >= 11 is 0. The van der Waals surface area contributed by atoms with Gasteiger partial charge in [0.05, 0.1) is 13.2 Å². The van der Waals surface area contributed by atoms with E-state index < -0.39 is 0 Å². The smallest absolute Gasteiger partial charge is 0.191 e. The van der Waals surface area contributed by atoms with Crippen LogP contribution < -0.4 is 10.6 Å². The summed E-state index contributed by atoms with van der Waals surface area (Å²) < 4.78 is 18.5. The Kier molecular flexibility index (Phi) is 8.55. The summed E-state index contributed by atoms with van der Waals surface area (Å²) in [5.74, 6) is 0.645. The Hall–Kier alpha value is -1.66. The van der Waals surface area contributed by atoms with Crippen molar-refractivity contribution in [3.05, 3.63) is 35.6 Å². The molecule has 1 aromatic carbocycles. The number of hydrogen-bond donors (Lipinski definition) is 2. The van der Waals surface area contributed by atoms with Crippen LogP contribution >= 0.6 is 0 Å². The van der Waals surface area contributed by atoms with Gasteiger partial charge in [-0.1, -0.05) is 12.1 Å². The topological polar surface area (TPSA) is 48.9 Å². The van der Waals surface area contributed by atoms with Crippen molar-refractivity contribution in [2.45, 2.75) is 19.8 Å². The van der Waals surface area contributed by atoms with Crippen molar-refractivity contribution in [1.29, 1.82) is 0 Å². The Labute approximate surface area is 144 Å². The third kappa shape index (κ3) is 7.27. The summed E-state index contributed by atoms with van der Waals surface area (Å²) in [5, 5.41) is 6.56. The molecule has 0 radical (unpaired) electrons. The maximum absolute atomic E-state index is 13.2. The van der Waals surface area contributed by atoms with Crippen molar-refractivity contribution in [2.75, 3.05) is 52.5 Å². The fraction of sp³-hybridized carbons (Fsp3) is 0.611. The van der Waals surface area contributed by atoms with Gasteiger partial charge in [0.25, 0.3) is 0 Å². The first-order valence-electron chi connectivity index (χ1n) is 8.84. The molecule has 0 amide bonds. The number of aliphatic imine (C=N–C) groups is 1. The standard InChI is InChI=1S/C18H29FN4O/c1-2-20-18(21-8-4-10-23-11-13-24-14-12-23)22-9-7-16-5-3-6-17(19)15-16/h3,5-6,15H,2,4,7-14H2,1H3,(H2,20,21,22). The Morgan fingerprint density at radius 3 is 2.88 bits per heavy atom. The maximum Gasteiger partial charge on any atom is 0.191 e. The van der Waals surface area contributed by atoms with Crippen molar-refractivity contribution < 1.29 is 9.13 Å². The number of morpholine rings is 1. The van der Waals surface area contributed by atoms with Gasteiger partial charge in [-0.2, -0.15) is 0 Å². The molecular formula is C18H29FN4O. The molecule has 1 saturated heterocycles. The van der Waals surface area contributed by atoms with Gasteiger partial charge in [0.15, 0.2) is 5.96 Å². The quantitative estimate of drug-likeness (QED) is 0.430. The van der Waals surface area contributed by atoms with E-state index in [-0.39, 0.29) is 5.82 Å². The van der Waals surface area contributed by atoms with Crippen LogP contribution in [0.25, 0.3) is 0 Å². The minimum atomic E-state index is -0.184. The van der Waals surface area contributed by atoms with Gasteiger partial charge in [0, 0.05) is 39.3 Å². The minimum absolute atomic E-state index is 0.184. The lowest BCUT2D eigenvalue weighted by Gasteiger charge is -2.26. The summed E-state index contributed by atoms with van der Waals surface area (Å²) in [4.78, 5) is 7.03. The molecule has 134 valence electrons. The number of halogens is 1. The third-order valence-electron chi connectivity index (χ3n) is 3.95. The van der Waals surface area contributed by atoms with Crippen LogP contribution in [0.1, 0.15) is 18.9 Å². The van der Waals surface area contributed by atoms with Gasteiger partial charge in [-0.25, -0.2) is 4.39 Å². The highest BCUT2D eigenvalue weighted by atomic mass is 19.1. The van der Waals surface area contributed by atoms with Crippen molar-refractivity contribution >= 4 is 5.96 Å². The number of hydrogen-bond acceptors (Lipinski definition) is 3. The summed E-state index contributed by atoms with van der Waals surface area (Å²) in [6, 6.07) is 6.73. The van der Waals surface area contributed by atoms with E-state index >= 15 is 0 Å². The monoisotopic (exact) mass is 336 g/mol. The lowest BCUT2D eigenvalue weighted by molar-refractivity contribution is 0.0377. The number of nitrogens with zero attached hydrogens (tertiary/aromatic N) is 2. The minimum Gasteiger partial charge on any atom is -0.379 e. The molecule has 1 aliphatic heterocycles. The molecule has 1 aromatic rings. The van der Waals surface area contributed by atoms with Crippen LogP contribution in [-0.2, 0) is 11.2 Å². The normalized spacial score (nSPS) is 16.2. The highest BCUT2D eigenvalue weighted by Gasteiger charge is 2.09. The molecular weight excluding hydrogens is 307 g/mol. The Morgan fingerprint density at radius 2 is 2.12 bits per heavy atom. The van der Waals surface area contributed by atoms with E-state index in [4.69, 9.17) is 4.74 Å². The highest BCUT2D eigenvalue weighted by molar-refractivity contribution is 5.79. The van der Waals surface area contributed by atoms with Crippen LogP contribution in [0.15, 0.2) is 29.3 Å². The number of nitrogens with one attached hydrogen (secondary N) is 2. The summed E-state index contributed by atoms with van der Waals surface area (Å²) in [6.07, 6.45) is 1.82. The SMILES string of the molecule is CCNC(=NCCCN1CCOCC1)NCCc1cccc(F)c1. The van der Waals surface area contributed by atoms with E-state index in [1.54, 1.807) is 12.1 Å². The molecule has 1 aliphatic rings. The number of guanidine groups is 1. The lowest BCUT2D eigenvalue weighted by atomic mass is 10.1. The molecule has 0 atom stereocenters. The molecule has 2 N–H and O–H groups in total. The molecule has 5 nitrogen and oxygen atoms in total. The number of ether oxygens (including phenoxy) is 1. The molecule has 0 saturated carbocycles. The predicted octanol–water partition coefficient (Wildman–Crippen LogP) is 1.65. The first kappa shape index (κ1) is 18.7. The first-order valence-corrected chi connectivity index (χ1v) is 8.84. The van der Waals surface area contributed by atoms with Gasteiger partial charge in [-0.15, -0.1) is 0 Å². The maximum atomic E-state index is 13.2. The first-order chi connectivity index (χ1) is 11.8. The second-order valence-corrected chi connectivity index (χ2v) is 5.87. The van der Waals surface area contributed by atoms with Crippen LogP contribution in [0.5, 0.6) is 0 Å². The molecule has 2 rings (SSSR count). The van der Waals surface area contributed by atoms with Gasteiger partial charge >= 0.3 is 0 Å². The van der Waals surface area contributed by atoms with Gasteiger partial charge in [0.2, 0.25) is 0 Å². The lowest BCUT2D eigenvalue weighted by Crippen LogP contribution is -2.39. The number of rotatable bonds is 8. The molecule has 0 aromatic heterocycles. The van der Waals surface area contributed by atoms with E-state index in [9.17, 15) is 4.39 Å². The summed E-state index contributed by atoms with van der Waals surface area (Å²) in [5.41, 5.74) is 0.991. The molecule has 24 heavy (non-hydrogen) atoms. The zero-order valence-corrected chi connectivity index (χ0v) is 14.6. The van der Waals surface area contributed by atoms with Crippen LogP contribution in [0, 0.1) is 5.82 Å². The van der Waals surface area contributed by atoms with Gasteiger partial charge in [0.1, 0.15) is 5.82 Å². The molecule has 0 bridgehead atoms. The second-order valence-electron chi connectivity index (χ2n) is 5.87. The van der Waals surface area contributed by atoms with Crippen LogP contribution in [-0.4, -0.2) is 63.3 Å². The van der Waals surface area contributed by atoms with Crippen molar-refractivity contribution in [1.82, 2.24) is 15.5 Å². The van der Waals surface area contributed by atoms with E-state index in [0.717, 1.165) is 76.8 Å². The largest absolute Gasteiger partial charge is 0.379 e. The molecule has 6 heteroatoms. The fourth-order valence-corrected chi connectivity index (χ4v) is 2.67. The molecule has 0 unspecified atom stereocenters. The molecule has 0 aliphatic carbocycles. The van der Waals surface area contributed by atoms with Crippen LogP contribution in [0.3, 0.4) is 0 Å². The molecule has 1 heterocycles. The summed E-state index contributed by atoms with van der Waals surface area (Å²) in [7, 11) is 0. The average Bonchev–Trinajstić information content (AvgIpc) is 2.59. The zero-order chi connectivity index (χ0) is 17.0. The van der Waals surface area contributed by atoms with Crippen molar-refractivity contribution in [3.63, 3.8) is 0 Å². The van der Waals surface area contributed by atoms with Crippen molar-refractivity contribution in [2.24, 2.45) is 4.99 Å². The third-order valence-corrected chi connectivity index (χ3v) is 3.95. The highest BCUT2D eigenvalue weighted by Crippen LogP contribution is 2.03. The van der Waals surface area contributed by atoms with Gasteiger partial charge in [-0.3, -0.25) is 9.89 Å². The molecule has 0 spiro atoms. The van der Waals surface area contributed by atoms with Gasteiger partial charge in [-0.05, 0) is 37.5 Å². The zero-order valence-electron chi connectivity index (χ0n) is 14.6. The van der Waals surface area contributed by atoms with E-state index in [1.807, 2.05) is 6.07 Å². The van der Waals surface area contributed by atoms with Crippen molar-refractivity contribution in [3.8, 4) is 0 Å². The van der Waals surface area contributed by atoms with E-state index in [0.29, 0.717) is 0 Å². The Morgan fingerprint density at radius 1 is 1.29 bits per heavy atom. The predicted molar refractivity (Wildman–Crippen MR) is 96.0 cm³/mol. The number of benzene rings is 1. The Bertz CT molecular complexity index is 504. The van der Waals surface area contributed by atoms with Gasteiger partial charge < -0.3 is 15.4 Å². The van der Waals surface area contributed by atoms with E-state index in [2.05, 4.69) is 27.4 Å². The average molecular weight is 336 g/mol. The molecule has 1 fully saturated rings.